The van der Waals surface area contributed by atoms with Crippen LogP contribution in [0.5, 0.6) is 23.0 Å². The van der Waals surface area contributed by atoms with Crippen molar-refractivity contribution in [3.63, 3.8) is 0 Å². The number of anilines is 6. The summed E-state index contributed by atoms with van der Waals surface area (Å²) < 4.78 is 173. The summed E-state index contributed by atoms with van der Waals surface area (Å²) in [6.45, 7) is 5.70. The summed E-state index contributed by atoms with van der Waals surface area (Å²) in [6, 6.07) is 105. The third kappa shape index (κ3) is 9.91. The number of benzene rings is 19. The highest BCUT2D eigenvalue weighted by Crippen LogP contribution is 2.66. The molecule has 7 heteroatoms. The Labute approximate surface area is 759 Å². The summed E-state index contributed by atoms with van der Waals surface area (Å²) in [6.07, 6.45) is 0. The molecule has 594 valence electrons. The van der Waals surface area contributed by atoms with Gasteiger partial charge in [0.15, 0.2) is 0 Å². The number of para-hydroxylation sites is 8. The van der Waals surface area contributed by atoms with Gasteiger partial charge in [-0.1, -0.05) is 348 Å². The molecule has 2 aromatic heterocycles. The fourth-order valence-corrected chi connectivity index (χ4v) is 22.3. The van der Waals surface area contributed by atoms with Gasteiger partial charge in [0.2, 0.25) is 0 Å². The number of fused-ring (bicyclic) bond motifs is 28. The second kappa shape index (κ2) is 26.8. The van der Waals surface area contributed by atoms with E-state index in [0.717, 1.165) is 128 Å². The van der Waals surface area contributed by atoms with Gasteiger partial charge in [0.05, 0.1) is 66.2 Å². The van der Waals surface area contributed by atoms with E-state index in [4.69, 9.17) is 9.47 Å². The maximum absolute atomic E-state index is 10.2. The van der Waals surface area contributed by atoms with Crippen molar-refractivity contribution in [2.24, 2.45) is 0 Å². The Morgan fingerprint density at radius 2 is 0.583 bits per heavy atom. The lowest BCUT2D eigenvalue weighted by atomic mass is 9.33. The van der Waals surface area contributed by atoms with Crippen LogP contribution >= 0.6 is 0 Å². The molecule has 0 bridgehead atoms. The van der Waals surface area contributed by atoms with Crippen LogP contribution < -0.4 is 35.7 Å². The number of nitrogens with zero attached hydrogens (tertiary/aromatic N) is 4. The molecule has 0 saturated heterocycles. The normalized spacial score (nSPS) is 15.8. The minimum absolute atomic E-state index is 0.0678. The van der Waals surface area contributed by atoms with Crippen molar-refractivity contribution < 1.29 is 31.4 Å². The Balaban J connectivity index is 0.832. The molecule has 6 aliphatic rings. The largest absolute Gasteiger partial charge is 0.457 e. The lowest BCUT2D eigenvalue weighted by Gasteiger charge is -2.46. The molecule has 4 aliphatic heterocycles. The Morgan fingerprint density at radius 1 is 0.268 bits per heavy atom. The van der Waals surface area contributed by atoms with E-state index < -0.39 is 120 Å². The maximum atomic E-state index is 10.2. The van der Waals surface area contributed by atoms with E-state index in [-0.39, 0.29) is 49.3 Å². The van der Waals surface area contributed by atoms with Gasteiger partial charge < -0.3 is 28.4 Å². The Hall–Kier alpha value is -16.0. The summed E-state index contributed by atoms with van der Waals surface area (Å²) in [7, 11) is 0. The molecule has 127 heavy (non-hydrogen) atoms. The second-order valence-electron chi connectivity index (χ2n) is 34.8. The second-order valence-corrected chi connectivity index (χ2v) is 34.8. The maximum Gasteiger partial charge on any atom is 0.252 e. The average molecular weight is 1640 g/mol. The average Bonchev–Trinajstić information content (AvgIpc) is 1.37. The fourth-order valence-electron chi connectivity index (χ4n) is 22.3. The predicted octanol–water partition coefficient (Wildman–Crippen LogP) is 28.9. The van der Waals surface area contributed by atoms with Gasteiger partial charge in [-0.15, -0.1) is 0 Å². The Morgan fingerprint density at radius 3 is 0.953 bits per heavy atom. The van der Waals surface area contributed by atoms with Crippen LogP contribution in [-0.2, 0) is 16.2 Å². The number of hydrogen-bond acceptors (Lipinski definition) is 4. The lowest BCUT2D eigenvalue weighted by molar-refractivity contribution is 0.436. The first-order valence-electron chi connectivity index (χ1n) is 51.0. The first kappa shape index (κ1) is 57.4. The molecule has 2 aliphatic carbocycles. The highest BCUT2D eigenvalue weighted by molar-refractivity contribution is 7.00. The molecule has 2 spiro atoms. The zero-order valence-electron chi connectivity index (χ0n) is 84.9. The quantitative estimate of drug-likeness (QED) is 0.142. The molecule has 6 heterocycles. The van der Waals surface area contributed by atoms with Crippen molar-refractivity contribution in [3.05, 3.63) is 474 Å². The van der Waals surface area contributed by atoms with Crippen LogP contribution in [-0.4, -0.2) is 15.8 Å². The molecule has 0 fully saturated rings. The molecular formula is C120H79BN4O2. The number of aromatic nitrogens is 2. The SMILES string of the molecule is [2H]c1c([2H])c([2H])c2c(c1[2H])c1c([2H])c([2H])c([2H])c([2H])c1n2-c1ccc2c(c1)N(c1c(-c3ccccc3)cccc1-c1ccccc1)c1cc(C(C)(C)C)cc3c1B2c1ccc(-n2c4c([2H])c([2H])c([2H])c([2H])c4c4c([2H])c([2H])c([2H])c([2H])c42)cc1N3c1c(-c2ccc3c(c2)C2(c4ccccc4O3)c3ccccc3-c3ccccc32)cccc1-c1ccc2c(c1)C1(c3ccccc3O2)c2ccccc2-c2ccccc21. The third-order valence-electron chi connectivity index (χ3n) is 27.5. The molecule has 0 unspecified atom stereocenters. The van der Waals surface area contributed by atoms with Crippen molar-refractivity contribution in [2.75, 3.05) is 9.80 Å². The molecule has 21 aromatic rings. The number of hydrogen-bond donors (Lipinski definition) is 0. The smallest absolute Gasteiger partial charge is 0.252 e. The monoisotopic (exact) mass is 1630 g/mol. The molecule has 0 amide bonds. The molecule has 0 saturated carbocycles. The molecular weight excluding hydrogens is 1540 g/mol. The van der Waals surface area contributed by atoms with Crippen LogP contribution in [0, 0.1) is 0 Å². The molecule has 0 radical (unpaired) electrons. The van der Waals surface area contributed by atoms with E-state index in [2.05, 4.69) is 261 Å². The van der Waals surface area contributed by atoms with E-state index in [9.17, 15) is 21.9 Å². The molecule has 0 atom stereocenters. The van der Waals surface area contributed by atoms with E-state index in [1.54, 1.807) is 9.13 Å². The van der Waals surface area contributed by atoms with Crippen molar-refractivity contribution in [3.8, 4) is 101 Å². The number of ether oxygens (including phenoxy) is 2. The minimum atomic E-state index is -0.962. The lowest BCUT2D eigenvalue weighted by Crippen LogP contribution is -2.61. The minimum Gasteiger partial charge on any atom is -0.457 e. The predicted molar refractivity (Wildman–Crippen MR) is 524 cm³/mol. The van der Waals surface area contributed by atoms with Crippen LogP contribution in [0.3, 0.4) is 0 Å². The number of rotatable bonds is 8. The first-order valence-corrected chi connectivity index (χ1v) is 43.0. The molecule has 27 rings (SSSR count). The fraction of sp³-hybridized carbons (Fsp3) is 0.0500. The van der Waals surface area contributed by atoms with E-state index in [1.807, 2.05) is 97.1 Å². The van der Waals surface area contributed by atoms with Crippen molar-refractivity contribution in [2.45, 2.75) is 37.0 Å². The van der Waals surface area contributed by atoms with Crippen molar-refractivity contribution in [1.29, 1.82) is 0 Å². The zero-order chi connectivity index (χ0) is 97.6. The summed E-state index contributed by atoms with van der Waals surface area (Å²) >= 11 is 0. The highest BCUT2D eigenvalue weighted by atomic mass is 16.5. The van der Waals surface area contributed by atoms with Gasteiger partial charge in [-0.2, -0.15) is 0 Å². The highest BCUT2D eigenvalue weighted by Gasteiger charge is 2.54. The summed E-state index contributed by atoms with van der Waals surface area (Å²) in [4.78, 5) is 4.69. The van der Waals surface area contributed by atoms with Gasteiger partial charge in [-0.05, 0) is 191 Å². The van der Waals surface area contributed by atoms with Crippen molar-refractivity contribution in [1.82, 2.24) is 9.13 Å². The first-order chi connectivity index (χ1) is 69.3. The van der Waals surface area contributed by atoms with Crippen LogP contribution in [0.15, 0.2) is 424 Å². The Bertz CT molecular complexity index is 8840. The summed E-state index contributed by atoms with van der Waals surface area (Å²) in [5.41, 5.74) is 23.3. The molecule has 6 nitrogen and oxygen atoms in total. The van der Waals surface area contributed by atoms with Crippen LogP contribution in [0.25, 0.3) is 122 Å². The van der Waals surface area contributed by atoms with Crippen LogP contribution in [0.2, 0.25) is 0 Å². The topological polar surface area (TPSA) is 34.8 Å². The van der Waals surface area contributed by atoms with Gasteiger partial charge in [0.25, 0.3) is 6.71 Å². The van der Waals surface area contributed by atoms with E-state index in [1.165, 1.54) is 0 Å². The van der Waals surface area contributed by atoms with Gasteiger partial charge in [-0.25, -0.2) is 0 Å². The molecule has 0 N–H and O–H groups in total. The molecule has 19 aromatic carbocycles. The summed E-state index contributed by atoms with van der Waals surface area (Å²) in [5.74, 6) is 2.73. The summed E-state index contributed by atoms with van der Waals surface area (Å²) in [5, 5.41) is -0.379. The van der Waals surface area contributed by atoms with Gasteiger partial charge in [0.1, 0.15) is 23.0 Å². The van der Waals surface area contributed by atoms with Gasteiger partial charge in [0, 0.05) is 100 Å². The van der Waals surface area contributed by atoms with E-state index >= 15 is 0 Å². The van der Waals surface area contributed by atoms with E-state index in [0.29, 0.717) is 68.0 Å². The standard InChI is InChI=1S/C120H79BN4O2/c1-118(2,3)78-70-109-115-110(71-78)125(108-73-80(123-105-56-26-16-42-91(105)92-43-17-27-57-106(92)123)63-65-102(108)121(115)101-64-62-79(122-103-54-24-14-40-89(103)90-41-15-25-55-104(90)122)72-107(101)124(109)116-81(74-32-6-4-7-33-74)44-30-45-82(116)75-34-8-5-9-35-75)117-83(76-60-66-113-99(68-76)119(97-52-22-28-58-111(97)126-113)93-48-18-10-36-85(93)86-37-11-19-49-94(86)119)46-31-47-84(117)77-61-67-114-100(69-77)120(98-53-23-29-59-112(98)127-114)95-50-20-12-38-87(95)88-39-13-21-51-96(88)120/h4-73H,1-3H3/i14D,15D,16D,17D,24D,25D,26D,27D,40D,41D,42D,43D,54D,55D,56D,57D. The van der Waals surface area contributed by atoms with Crippen molar-refractivity contribution >= 4 is 101 Å². The van der Waals surface area contributed by atoms with Crippen LogP contribution in [0.1, 0.15) is 92.8 Å². The van der Waals surface area contributed by atoms with Gasteiger partial charge in [-0.3, -0.25) is 0 Å². The van der Waals surface area contributed by atoms with Gasteiger partial charge >= 0.3 is 0 Å². The zero-order valence-corrected chi connectivity index (χ0v) is 68.9. The van der Waals surface area contributed by atoms with Crippen LogP contribution in [0.4, 0.5) is 34.1 Å². The Kier molecular flexibility index (Phi) is 12.1. The third-order valence-corrected chi connectivity index (χ3v) is 27.5.